The molecule has 0 amide bonds. The summed E-state index contributed by atoms with van der Waals surface area (Å²) in [5.74, 6) is 2.30. The van der Waals surface area contributed by atoms with Gasteiger partial charge in [0.2, 0.25) is 0 Å². The molecule has 1 aromatic rings. The van der Waals surface area contributed by atoms with Gasteiger partial charge in [0.05, 0.1) is 16.8 Å². The molecule has 11 aliphatic rings. The lowest BCUT2D eigenvalue weighted by Crippen LogP contribution is -2.36. The minimum Gasteiger partial charge on any atom is -0.357 e. The smallest absolute Gasteiger partial charge is 0.145 e. The van der Waals surface area contributed by atoms with Gasteiger partial charge in [0.15, 0.2) is 0 Å². The maximum Gasteiger partial charge on any atom is 0.145 e. The summed E-state index contributed by atoms with van der Waals surface area (Å²) in [5.41, 5.74) is 26.1. The van der Waals surface area contributed by atoms with Crippen molar-refractivity contribution in [2.75, 3.05) is 0 Å². The highest BCUT2D eigenvalue weighted by molar-refractivity contribution is 5.98. The monoisotopic (exact) mass is 728 g/mol. The third-order valence-electron chi connectivity index (χ3n) is 15.5. The van der Waals surface area contributed by atoms with Gasteiger partial charge in [-0.05, 0) is 145 Å². The van der Waals surface area contributed by atoms with E-state index in [9.17, 15) is 0 Å². The third kappa shape index (κ3) is 4.84. The average Bonchev–Trinajstić information content (AvgIpc) is 3.60. The van der Waals surface area contributed by atoms with E-state index >= 15 is 0 Å². The molecule has 1 spiro atoms. The highest BCUT2D eigenvalue weighted by Gasteiger charge is 2.60. The first kappa shape index (κ1) is 33.3. The van der Waals surface area contributed by atoms with E-state index < -0.39 is 0 Å². The van der Waals surface area contributed by atoms with E-state index in [0.717, 1.165) is 37.8 Å². The standard InChI is InChI=1S/C54H52N2/c1-3-15-34(16-4-1)51-29-30-52(56-53(55-51)35-17-5-2-6-18-35)36-27-28-43-41-23-11-13-25-47(41)54(49(43)31-36)48-26-14-12-24-42(48)46-32-44-39-21-9-7-19-37(39)38-20-8-10-22-40(38)45(44)33-50(46)54/h1-7,10,13-15,17-19,22,25-26,29,33-34,36,44-46,53,56H,8-9,11-12,16,20-21,23-24,27-28,31-32H2. The molecule has 1 aliphatic heterocycles. The first-order valence-corrected chi connectivity index (χ1v) is 22.0. The van der Waals surface area contributed by atoms with E-state index in [4.69, 9.17) is 4.99 Å². The van der Waals surface area contributed by atoms with Crippen LogP contribution < -0.4 is 5.32 Å². The van der Waals surface area contributed by atoms with Crippen LogP contribution in [-0.4, -0.2) is 5.71 Å². The minimum absolute atomic E-state index is 0.121. The topological polar surface area (TPSA) is 24.4 Å². The van der Waals surface area contributed by atoms with Crippen LogP contribution in [0.2, 0.25) is 0 Å². The molecule has 278 valence electrons. The Morgan fingerprint density at radius 1 is 0.750 bits per heavy atom. The number of fused-ring (bicyclic) bond motifs is 11. The van der Waals surface area contributed by atoms with E-state index in [1.54, 1.807) is 61.3 Å². The van der Waals surface area contributed by atoms with E-state index in [1.807, 2.05) is 0 Å². The second-order valence-corrected chi connectivity index (χ2v) is 18.0. The van der Waals surface area contributed by atoms with E-state index in [-0.39, 0.29) is 17.5 Å². The molecule has 7 atom stereocenters. The summed E-state index contributed by atoms with van der Waals surface area (Å²) >= 11 is 0. The van der Waals surface area contributed by atoms with Gasteiger partial charge >= 0.3 is 0 Å². The molecule has 1 aromatic carbocycles. The highest BCUT2D eigenvalue weighted by atomic mass is 15.1. The predicted octanol–water partition coefficient (Wildman–Crippen LogP) is 12.8. The van der Waals surface area contributed by atoms with Crippen molar-refractivity contribution in [1.29, 1.82) is 0 Å². The van der Waals surface area contributed by atoms with Gasteiger partial charge in [0, 0.05) is 29.7 Å². The number of hydrogen-bond acceptors (Lipinski definition) is 2. The Balaban J connectivity index is 0.998. The maximum atomic E-state index is 5.43. The van der Waals surface area contributed by atoms with Gasteiger partial charge in [-0.1, -0.05) is 126 Å². The van der Waals surface area contributed by atoms with Gasteiger partial charge in [-0.15, -0.1) is 0 Å². The molecule has 12 rings (SSSR count). The largest absolute Gasteiger partial charge is 0.357 e. The molecule has 56 heavy (non-hydrogen) atoms. The highest BCUT2D eigenvalue weighted by Crippen LogP contribution is 2.71. The first-order chi connectivity index (χ1) is 27.8. The quantitative estimate of drug-likeness (QED) is 0.243. The second-order valence-electron chi connectivity index (χ2n) is 18.0. The van der Waals surface area contributed by atoms with Gasteiger partial charge in [0.25, 0.3) is 0 Å². The number of aliphatic imine (C=N–C) groups is 1. The van der Waals surface area contributed by atoms with Crippen molar-refractivity contribution in [2.45, 2.75) is 89.6 Å². The van der Waals surface area contributed by atoms with Crippen LogP contribution in [0.4, 0.5) is 0 Å². The fourth-order valence-corrected chi connectivity index (χ4v) is 13.2. The molecule has 1 heterocycles. The molecule has 0 saturated heterocycles. The third-order valence-corrected chi connectivity index (χ3v) is 15.5. The van der Waals surface area contributed by atoms with Crippen molar-refractivity contribution in [3.63, 3.8) is 0 Å². The zero-order valence-electron chi connectivity index (χ0n) is 32.6. The molecule has 2 nitrogen and oxygen atoms in total. The average molecular weight is 729 g/mol. The molecular formula is C54H52N2. The predicted molar refractivity (Wildman–Crippen MR) is 229 cm³/mol. The molecule has 0 saturated carbocycles. The van der Waals surface area contributed by atoms with Gasteiger partial charge in [0.1, 0.15) is 6.17 Å². The molecule has 0 fully saturated rings. The lowest BCUT2D eigenvalue weighted by Gasteiger charge is -2.46. The maximum absolute atomic E-state index is 5.43. The molecule has 0 radical (unpaired) electrons. The van der Waals surface area contributed by atoms with Crippen LogP contribution in [0.25, 0.3) is 0 Å². The molecular weight excluding hydrogens is 677 g/mol. The number of rotatable bonds is 3. The Bertz CT molecular complexity index is 2430. The fraction of sp³-hybridized carbons (Fsp3) is 0.370. The van der Waals surface area contributed by atoms with Crippen molar-refractivity contribution < 1.29 is 0 Å². The Hall–Kier alpha value is -4.91. The zero-order chi connectivity index (χ0) is 36.8. The van der Waals surface area contributed by atoms with Crippen LogP contribution in [0, 0.1) is 35.0 Å². The SMILES string of the molecule is C1=CC(C2C=CC=CC2)=NC(c2ccccc2)NC=1C1CCC2=C(C1)C1(C3=CC4C5=C(CCC=C5)C5=C(CCC=C5)C4CC3C3=C1C=CCC3)C1=C2CCC=C1. The minimum atomic E-state index is -0.128. The summed E-state index contributed by atoms with van der Waals surface area (Å²) in [6.45, 7) is 0. The van der Waals surface area contributed by atoms with Gasteiger partial charge < -0.3 is 5.32 Å². The van der Waals surface area contributed by atoms with Crippen LogP contribution >= 0.6 is 0 Å². The molecule has 0 aromatic heterocycles. The van der Waals surface area contributed by atoms with Gasteiger partial charge in [-0.3, -0.25) is 4.99 Å². The van der Waals surface area contributed by atoms with Crippen LogP contribution in [-0.2, 0) is 0 Å². The number of nitrogens with one attached hydrogen (secondary N) is 1. The van der Waals surface area contributed by atoms with Crippen molar-refractivity contribution in [2.24, 2.45) is 40.0 Å². The Morgan fingerprint density at radius 3 is 2.43 bits per heavy atom. The summed E-state index contributed by atoms with van der Waals surface area (Å²) in [6, 6.07) is 10.9. The van der Waals surface area contributed by atoms with Gasteiger partial charge in [-0.2, -0.15) is 0 Å². The fourth-order valence-electron chi connectivity index (χ4n) is 13.2. The van der Waals surface area contributed by atoms with Crippen LogP contribution in [0.5, 0.6) is 0 Å². The second kappa shape index (κ2) is 13.1. The molecule has 2 heteroatoms. The van der Waals surface area contributed by atoms with E-state index in [1.165, 1.54) is 62.6 Å². The number of benzene rings is 1. The molecule has 1 N–H and O–H groups in total. The summed E-state index contributed by atoms with van der Waals surface area (Å²) in [5, 5.41) is 4.03. The van der Waals surface area contributed by atoms with Crippen LogP contribution in [0.1, 0.15) is 95.2 Å². The normalized spacial score (nSPS) is 34.7. The molecule has 0 bridgehead atoms. The van der Waals surface area contributed by atoms with E-state index in [0.29, 0.717) is 23.7 Å². The molecule has 10 aliphatic carbocycles. The Labute approximate surface area is 333 Å². The summed E-state index contributed by atoms with van der Waals surface area (Å²) in [7, 11) is 0. The van der Waals surface area contributed by atoms with Gasteiger partial charge in [-0.25, -0.2) is 0 Å². The summed E-state index contributed by atoms with van der Waals surface area (Å²) in [4.78, 5) is 5.43. The van der Waals surface area contributed by atoms with Crippen molar-refractivity contribution in [3.8, 4) is 0 Å². The molecule has 7 unspecified atom stereocenters. The lowest BCUT2D eigenvalue weighted by atomic mass is 9.57. The van der Waals surface area contributed by atoms with Crippen molar-refractivity contribution >= 4 is 5.71 Å². The Morgan fingerprint density at radius 2 is 1.55 bits per heavy atom. The zero-order valence-corrected chi connectivity index (χ0v) is 32.6. The van der Waals surface area contributed by atoms with Crippen LogP contribution in [0.3, 0.4) is 0 Å². The number of hydrogen-bond donors (Lipinski definition) is 1. The lowest BCUT2D eigenvalue weighted by molar-refractivity contribution is 0.358. The van der Waals surface area contributed by atoms with Crippen LogP contribution in [0.15, 0.2) is 193 Å². The van der Waals surface area contributed by atoms with Crippen molar-refractivity contribution in [3.05, 3.63) is 194 Å². The Kier molecular flexibility index (Phi) is 7.76. The van der Waals surface area contributed by atoms with E-state index in [2.05, 4.69) is 126 Å². The summed E-state index contributed by atoms with van der Waals surface area (Å²) < 4.78 is 0. The summed E-state index contributed by atoms with van der Waals surface area (Å²) in [6.07, 6.45) is 49.4. The number of allylic oxidation sites excluding steroid dienone is 25. The van der Waals surface area contributed by atoms with Crippen molar-refractivity contribution in [1.82, 2.24) is 5.32 Å². The number of nitrogens with zero attached hydrogens (tertiary/aromatic N) is 1. The first-order valence-electron chi connectivity index (χ1n) is 22.0.